The van der Waals surface area contributed by atoms with Crippen molar-refractivity contribution in [2.24, 2.45) is 0 Å². The summed E-state index contributed by atoms with van der Waals surface area (Å²) in [4.78, 5) is 4.10. The van der Waals surface area contributed by atoms with Crippen molar-refractivity contribution in [2.45, 2.75) is 0 Å². The van der Waals surface area contributed by atoms with Crippen molar-refractivity contribution in [3.63, 3.8) is 0 Å². The first-order chi connectivity index (χ1) is 7.86. The molecule has 1 heterocycles. The lowest BCUT2D eigenvalue weighted by atomic mass is 10.3. The van der Waals surface area contributed by atoms with Gasteiger partial charge in [0.15, 0.2) is 0 Å². The van der Waals surface area contributed by atoms with Gasteiger partial charge < -0.3 is 15.4 Å². The van der Waals surface area contributed by atoms with E-state index in [4.69, 9.17) is 10.00 Å². The van der Waals surface area contributed by atoms with Gasteiger partial charge in [-0.2, -0.15) is 5.26 Å². The third kappa shape index (κ3) is 4.73. The van der Waals surface area contributed by atoms with Crippen molar-refractivity contribution in [1.82, 2.24) is 10.3 Å². The molecule has 1 rings (SSSR count). The topological polar surface area (TPSA) is 70.0 Å². The minimum atomic E-state index is 0.573. The predicted octanol–water partition coefficient (Wildman–Crippen LogP) is 0.601. The monoisotopic (exact) mass is 220 g/mol. The van der Waals surface area contributed by atoms with E-state index in [1.807, 2.05) is 6.07 Å². The van der Waals surface area contributed by atoms with Crippen molar-refractivity contribution < 1.29 is 4.74 Å². The van der Waals surface area contributed by atoms with Gasteiger partial charge in [0.2, 0.25) is 0 Å². The van der Waals surface area contributed by atoms with Crippen LogP contribution in [0.4, 0.5) is 5.82 Å². The molecule has 0 aromatic carbocycles. The largest absolute Gasteiger partial charge is 0.383 e. The second-order valence-electron chi connectivity index (χ2n) is 3.21. The average molecular weight is 220 g/mol. The van der Waals surface area contributed by atoms with Crippen LogP contribution < -0.4 is 10.6 Å². The molecule has 0 saturated heterocycles. The average Bonchev–Trinajstić information content (AvgIpc) is 2.34. The Morgan fingerprint density at radius 3 is 2.88 bits per heavy atom. The van der Waals surface area contributed by atoms with E-state index in [0.717, 1.165) is 32.1 Å². The van der Waals surface area contributed by atoms with Crippen LogP contribution in [0.3, 0.4) is 0 Å². The highest BCUT2D eigenvalue weighted by atomic mass is 16.5. The van der Waals surface area contributed by atoms with Crippen molar-refractivity contribution in [3.8, 4) is 6.07 Å². The molecule has 1 aromatic rings. The summed E-state index contributed by atoms with van der Waals surface area (Å²) in [7, 11) is 1.68. The molecular formula is C11H16N4O. The standard InChI is InChI=1S/C11H16N4O/c1-16-7-6-13-4-5-14-11-3-2-10(8-12)9-15-11/h2-3,9,13H,4-7H2,1H3,(H,14,15). The van der Waals surface area contributed by atoms with E-state index in [1.54, 1.807) is 25.4 Å². The van der Waals surface area contributed by atoms with Crippen LogP contribution in [0.15, 0.2) is 18.3 Å². The quantitative estimate of drug-likeness (QED) is 0.658. The van der Waals surface area contributed by atoms with Gasteiger partial charge in [-0.3, -0.25) is 0 Å². The molecule has 0 atom stereocenters. The molecule has 0 amide bonds. The summed E-state index contributed by atoms with van der Waals surface area (Å²) in [5, 5.41) is 15.0. The Morgan fingerprint density at radius 1 is 1.38 bits per heavy atom. The highest BCUT2D eigenvalue weighted by Gasteiger charge is 1.93. The van der Waals surface area contributed by atoms with Crippen LogP contribution in [-0.4, -0.2) is 38.3 Å². The van der Waals surface area contributed by atoms with Gasteiger partial charge in [0.25, 0.3) is 0 Å². The Bertz CT molecular complexity index is 331. The van der Waals surface area contributed by atoms with E-state index in [9.17, 15) is 0 Å². The maximum absolute atomic E-state index is 8.59. The normalized spacial score (nSPS) is 9.75. The molecule has 0 unspecified atom stereocenters. The zero-order valence-electron chi connectivity index (χ0n) is 9.36. The summed E-state index contributed by atoms with van der Waals surface area (Å²) >= 11 is 0. The molecule has 0 aliphatic carbocycles. The number of nitrogens with one attached hydrogen (secondary N) is 2. The first-order valence-electron chi connectivity index (χ1n) is 5.16. The van der Waals surface area contributed by atoms with Gasteiger partial charge in [-0.05, 0) is 12.1 Å². The number of nitriles is 1. The number of methoxy groups -OCH3 is 1. The van der Waals surface area contributed by atoms with Gasteiger partial charge in [-0.1, -0.05) is 0 Å². The van der Waals surface area contributed by atoms with Crippen molar-refractivity contribution >= 4 is 5.82 Å². The molecule has 0 spiro atoms. The van der Waals surface area contributed by atoms with Crippen LogP contribution in [0.5, 0.6) is 0 Å². The molecule has 1 aromatic heterocycles. The Morgan fingerprint density at radius 2 is 2.25 bits per heavy atom. The van der Waals surface area contributed by atoms with Gasteiger partial charge in [-0.15, -0.1) is 0 Å². The van der Waals surface area contributed by atoms with Crippen LogP contribution in [0, 0.1) is 11.3 Å². The number of nitrogens with zero attached hydrogens (tertiary/aromatic N) is 2. The molecular weight excluding hydrogens is 204 g/mol. The van der Waals surface area contributed by atoms with Gasteiger partial charge >= 0.3 is 0 Å². The second kappa shape index (κ2) is 7.63. The second-order valence-corrected chi connectivity index (χ2v) is 3.21. The lowest BCUT2D eigenvalue weighted by molar-refractivity contribution is 0.200. The number of aromatic nitrogens is 1. The minimum absolute atomic E-state index is 0.573. The molecule has 5 heteroatoms. The molecule has 0 saturated carbocycles. The van der Waals surface area contributed by atoms with E-state index >= 15 is 0 Å². The van der Waals surface area contributed by atoms with E-state index in [1.165, 1.54) is 0 Å². The molecule has 0 fully saturated rings. The first kappa shape index (κ1) is 12.4. The highest BCUT2D eigenvalue weighted by Crippen LogP contribution is 2.02. The van der Waals surface area contributed by atoms with Crippen LogP contribution >= 0.6 is 0 Å². The van der Waals surface area contributed by atoms with Crippen LogP contribution in [-0.2, 0) is 4.74 Å². The number of pyridine rings is 1. The summed E-state index contributed by atoms with van der Waals surface area (Å²) in [5.74, 6) is 0.785. The summed E-state index contributed by atoms with van der Waals surface area (Å²) in [5.41, 5.74) is 0.573. The number of hydrogen-bond acceptors (Lipinski definition) is 5. The zero-order valence-corrected chi connectivity index (χ0v) is 9.36. The summed E-state index contributed by atoms with van der Waals surface area (Å²) in [6.45, 7) is 3.21. The fourth-order valence-electron chi connectivity index (χ4n) is 1.14. The van der Waals surface area contributed by atoms with Gasteiger partial charge in [0.1, 0.15) is 11.9 Å². The molecule has 0 bridgehead atoms. The fraction of sp³-hybridized carbons (Fsp3) is 0.455. The number of hydrogen-bond donors (Lipinski definition) is 2. The molecule has 86 valence electrons. The van der Waals surface area contributed by atoms with Crippen molar-refractivity contribution in [3.05, 3.63) is 23.9 Å². The molecule has 16 heavy (non-hydrogen) atoms. The maximum Gasteiger partial charge on any atom is 0.126 e. The van der Waals surface area contributed by atoms with Crippen molar-refractivity contribution in [2.75, 3.05) is 38.7 Å². The SMILES string of the molecule is COCCNCCNc1ccc(C#N)cn1. The summed E-state index contributed by atoms with van der Waals surface area (Å²) in [6.07, 6.45) is 1.56. The minimum Gasteiger partial charge on any atom is -0.383 e. The number of rotatable bonds is 7. The van der Waals surface area contributed by atoms with E-state index < -0.39 is 0 Å². The predicted molar refractivity (Wildman–Crippen MR) is 62.2 cm³/mol. The molecule has 5 nitrogen and oxygen atoms in total. The lowest BCUT2D eigenvalue weighted by Gasteiger charge is -2.06. The third-order valence-corrected chi connectivity index (χ3v) is 1.98. The summed E-state index contributed by atoms with van der Waals surface area (Å²) < 4.78 is 4.91. The van der Waals surface area contributed by atoms with E-state index in [-0.39, 0.29) is 0 Å². The maximum atomic E-state index is 8.59. The van der Waals surface area contributed by atoms with Gasteiger partial charge in [-0.25, -0.2) is 4.98 Å². The Kier molecular flexibility index (Phi) is 5.92. The molecule has 0 aliphatic rings. The van der Waals surface area contributed by atoms with Gasteiger partial charge in [0, 0.05) is 32.9 Å². The Labute approximate surface area is 95.4 Å². The number of anilines is 1. The lowest BCUT2D eigenvalue weighted by Crippen LogP contribution is -2.25. The van der Waals surface area contributed by atoms with Crippen molar-refractivity contribution in [1.29, 1.82) is 5.26 Å². The van der Waals surface area contributed by atoms with Gasteiger partial charge in [0.05, 0.1) is 12.2 Å². The van der Waals surface area contributed by atoms with Crippen LogP contribution in [0.25, 0.3) is 0 Å². The summed E-state index contributed by atoms with van der Waals surface area (Å²) in [6, 6.07) is 5.57. The molecule has 0 radical (unpaired) electrons. The third-order valence-electron chi connectivity index (χ3n) is 1.98. The fourth-order valence-corrected chi connectivity index (χ4v) is 1.14. The number of ether oxygens (including phenoxy) is 1. The Hall–Kier alpha value is -1.64. The Balaban J connectivity index is 2.15. The molecule has 0 aliphatic heterocycles. The zero-order chi connectivity index (χ0) is 11.6. The smallest absolute Gasteiger partial charge is 0.126 e. The van der Waals surface area contributed by atoms with E-state index in [0.29, 0.717) is 5.56 Å². The van der Waals surface area contributed by atoms with Crippen LogP contribution in [0.1, 0.15) is 5.56 Å². The van der Waals surface area contributed by atoms with E-state index in [2.05, 4.69) is 15.6 Å². The highest BCUT2D eigenvalue weighted by molar-refractivity contribution is 5.38. The first-order valence-corrected chi connectivity index (χ1v) is 5.16. The molecule has 2 N–H and O–H groups in total. The van der Waals surface area contributed by atoms with Crippen LogP contribution in [0.2, 0.25) is 0 Å².